The number of unbranched alkanes of at least 4 members (excludes halogenated alkanes) is 15. The average Bonchev–Trinajstić information content (AvgIpc) is 2.91. The molecule has 0 spiro atoms. The van der Waals surface area contributed by atoms with Crippen molar-refractivity contribution in [3.05, 3.63) is 35.4 Å². The highest BCUT2D eigenvalue weighted by Gasteiger charge is 2.22. The van der Waals surface area contributed by atoms with Crippen LogP contribution in [0.15, 0.2) is 24.3 Å². The van der Waals surface area contributed by atoms with Gasteiger partial charge < -0.3 is 29.5 Å². The van der Waals surface area contributed by atoms with E-state index in [-0.39, 0.29) is 17.7 Å². The summed E-state index contributed by atoms with van der Waals surface area (Å²) in [4.78, 5) is 25.0. The lowest BCUT2D eigenvalue weighted by Gasteiger charge is -2.19. The summed E-state index contributed by atoms with van der Waals surface area (Å²) in [5.41, 5.74) is 0.139. The number of ether oxygens (including phenoxy) is 3. The molecular weight excluding hydrogens is 500 g/mol. The lowest BCUT2D eigenvalue weighted by atomic mass is 10.0. The molecule has 0 aliphatic carbocycles. The molecule has 0 aliphatic rings. The molecule has 1 aromatic carbocycles. The molecule has 0 bridgehead atoms. The summed E-state index contributed by atoms with van der Waals surface area (Å²) in [7, 11) is 0. The maximum atomic E-state index is 12.5. The van der Waals surface area contributed by atoms with Gasteiger partial charge in [0.1, 0.15) is 12.7 Å². The first-order valence-electron chi connectivity index (χ1n) is 14.9. The second kappa shape index (κ2) is 21.8. The van der Waals surface area contributed by atoms with Crippen LogP contribution in [0.25, 0.3) is 0 Å². The van der Waals surface area contributed by atoms with Gasteiger partial charge in [0.25, 0.3) is 5.97 Å². The van der Waals surface area contributed by atoms with Crippen molar-refractivity contribution >= 4 is 11.9 Å². The predicted octanol–water partition coefficient (Wildman–Crippen LogP) is 6.30. The normalized spacial score (nSPS) is 12.3. The highest BCUT2D eigenvalue weighted by molar-refractivity contribution is 6.03. The number of benzene rings is 1. The van der Waals surface area contributed by atoms with Crippen LogP contribution in [0.2, 0.25) is 0 Å². The zero-order valence-electron chi connectivity index (χ0n) is 24.2. The molecule has 224 valence electrons. The van der Waals surface area contributed by atoms with Gasteiger partial charge >= 0.3 is 11.9 Å². The van der Waals surface area contributed by atoms with Crippen LogP contribution in [-0.4, -0.2) is 59.2 Å². The summed E-state index contributed by atoms with van der Waals surface area (Å²) >= 11 is 0. The van der Waals surface area contributed by atoms with E-state index in [2.05, 4.69) is 11.7 Å². The molecule has 0 heterocycles. The summed E-state index contributed by atoms with van der Waals surface area (Å²) in [6.07, 6.45) is 19.1. The maximum absolute atomic E-state index is 12.5. The Hall–Kier alpha value is -2.00. The fraction of sp³-hybridized carbons (Fsp3) is 0.742. The van der Waals surface area contributed by atoms with Crippen LogP contribution < -0.4 is 0 Å². The van der Waals surface area contributed by atoms with Crippen molar-refractivity contribution in [2.75, 3.05) is 19.8 Å². The Labute approximate surface area is 235 Å². The molecule has 0 fully saturated rings. The number of hydrogen-bond acceptors (Lipinski definition) is 8. The number of carbonyl (C=O) groups excluding carboxylic acids is 2. The van der Waals surface area contributed by atoms with Crippen LogP contribution in [0.5, 0.6) is 0 Å². The molecule has 0 aliphatic heterocycles. The molecule has 8 nitrogen and oxygen atoms in total. The quantitative estimate of drug-likeness (QED) is 0.0776. The monoisotopic (exact) mass is 552 g/mol. The van der Waals surface area contributed by atoms with Gasteiger partial charge in [-0.2, -0.15) is 0 Å². The fourth-order valence-corrected chi connectivity index (χ4v) is 4.28. The minimum absolute atomic E-state index is 0.0387. The highest BCUT2D eigenvalue weighted by atomic mass is 16.8. The Kier molecular flexibility index (Phi) is 19.6. The van der Waals surface area contributed by atoms with Crippen LogP contribution in [0, 0.1) is 0 Å². The second-order valence-electron chi connectivity index (χ2n) is 10.5. The van der Waals surface area contributed by atoms with E-state index in [1.165, 1.54) is 95.6 Å². The zero-order valence-corrected chi connectivity index (χ0v) is 24.2. The largest absolute Gasteiger partial charge is 0.462 e. The van der Waals surface area contributed by atoms with Crippen molar-refractivity contribution in [3.63, 3.8) is 0 Å². The lowest BCUT2D eigenvalue weighted by molar-refractivity contribution is -0.331. The Morgan fingerprint density at radius 1 is 0.692 bits per heavy atom. The standard InChI is InChI=1S/C31H52O8/c1-3-4-5-6-7-8-9-10-11-12-13-14-15-16-17-20-23-37-29(33)27-21-18-19-22-28(27)30(34)38-24-26(32)25-39-31(2,35)36/h18-19,21-22,26,32,35-36H,3-17,20,23-25H2,1-2H3. The Bertz CT molecular complexity index is 774. The average molecular weight is 553 g/mol. The van der Waals surface area contributed by atoms with Gasteiger partial charge in [-0.25, -0.2) is 9.59 Å². The van der Waals surface area contributed by atoms with Gasteiger partial charge in [-0.1, -0.05) is 115 Å². The number of carbonyl (C=O) groups is 2. The van der Waals surface area contributed by atoms with Gasteiger partial charge in [0.15, 0.2) is 0 Å². The van der Waals surface area contributed by atoms with E-state index >= 15 is 0 Å². The molecule has 1 aromatic rings. The lowest BCUT2D eigenvalue weighted by Crippen LogP contribution is -2.33. The van der Waals surface area contributed by atoms with Gasteiger partial charge in [0, 0.05) is 6.92 Å². The van der Waals surface area contributed by atoms with Crippen LogP contribution in [0.3, 0.4) is 0 Å². The minimum atomic E-state index is -2.40. The van der Waals surface area contributed by atoms with Crippen LogP contribution >= 0.6 is 0 Å². The van der Waals surface area contributed by atoms with Crippen molar-refractivity contribution < 1.29 is 39.1 Å². The van der Waals surface area contributed by atoms with Gasteiger partial charge in [0.05, 0.1) is 24.3 Å². The summed E-state index contributed by atoms with van der Waals surface area (Å²) in [6.45, 7) is 2.66. The maximum Gasteiger partial charge on any atom is 0.339 e. The summed E-state index contributed by atoms with van der Waals surface area (Å²) in [5.74, 6) is -3.78. The Morgan fingerprint density at radius 2 is 1.10 bits per heavy atom. The number of hydrogen-bond donors (Lipinski definition) is 3. The molecule has 0 aromatic heterocycles. The SMILES string of the molecule is CCCCCCCCCCCCCCCCCCOC(=O)c1ccccc1C(=O)OCC(O)COC(C)(O)O. The highest BCUT2D eigenvalue weighted by Crippen LogP contribution is 2.15. The number of esters is 2. The van der Waals surface area contributed by atoms with Crippen molar-refractivity contribution in [2.24, 2.45) is 0 Å². The number of rotatable bonds is 24. The third-order valence-electron chi connectivity index (χ3n) is 6.55. The molecule has 1 unspecified atom stereocenters. The van der Waals surface area contributed by atoms with Crippen LogP contribution in [0.4, 0.5) is 0 Å². The van der Waals surface area contributed by atoms with E-state index in [0.29, 0.717) is 0 Å². The molecule has 1 rings (SSSR count). The Morgan fingerprint density at radius 3 is 1.54 bits per heavy atom. The van der Waals surface area contributed by atoms with E-state index in [1.807, 2.05) is 0 Å². The summed E-state index contributed by atoms with van der Waals surface area (Å²) < 4.78 is 15.0. The molecule has 0 saturated heterocycles. The topological polar surface area (TPSA) is 123 Å². The van der Waals surface area contributed by atoms with Crippen molar-refractivity contribution in [2.45, 2.75) is 129 Å². The van der Waals surface area contributed by atoms with E-state index < -0.39 is 37.2 Å². The fourth-order valence-electron chi connectivity index (χ4n) is 4.28. The number of aliphatic hydroxyl groups is 3. The molecule has 1 atom stereocenters. The minimum Gasteiger partial charge on any atom is -0.462 e. The molecule has 0 radical (unpaired) electrons. The van der Waals surface area contributed by atoms with Crippen molar-refractivity contribution in [3.8, 4) is 0 Å². The van der Waals surface area contributed by atoms with Crippen molar-refractivity contribution in [1.29, 1.82) is 0 Å². The third-order valence-corrected chi connectivity index (χ3v) is 6.55. The van der Waals surface area contributed by atoms with Crippen molar-refractivity contribution in [1.82, 2.24) is 0 Å². The summed E-state index contributed by atoms with van der Waals surface area (Å²) in [6, 6.07) is 6.18. The number of aliphatic hydroxyl groups excluding tert-OH is 1. The van der Waals surface area contributed by atoms with Gasteiger partial charge in [-0.3, -0.25) is 0 Å². The predicted molar refractivity (Wildman–Crippen MR) is 151 cm³/mol. The molecule has 0 amide bonds. The molecule has 8 heteroatoms. The van der Waals surface area contributed by atoms with Gasteiger partial charge in [-0.05, 0) is 18.6 Å². The van der Waals surface area contributed by atoms with Crippen LogP contribution in [-0.2, 0) is 14.2 Å². The first-order chi connectivity index (χ1) is 18.7. The first kappa shape index (κ1) is 35.0. The molecule has 39 heavy (non-hydrogen) atoms. The van der Waals surface area contributed by atoms with Gasteiger partial charge in [-0.15, -0.1) is 0 Å². The zero-order chi connectivity index (χ0) is 28.8. The van der Waals surface area contributed by atoms with E-state index in [4.69, 9.17) is 19.7 Å². The smallest absolute Gasteiger partial charge is 0.339 e. The molecular formula is C31H52O8. The van der Waals surface area contributed by atoms with Gasteiger partial charge in [0.2, 0.25) is 0 Å². The molecule has 0 saturated carbocycles. The van der Waals surface area contributed by atoms with E-state index in [0.717, 1.165) is 26.2 Å². The Balaban J connectivity index is 2.12. The third kappa shape index (κ3) is 18.8. The van der Waals surface area contributed by atoms with E-state index in [9.17, 15) is 14.7 Å². The summed E-state index contributed by atoms with van der Waals surface area (Å²) in [5, 5.41) is 28.0. The van der Waals surface area contributed by atoms with Crippen LogP contribution in [0.1, 0.15) is 137 Å². The first-order valence-corrected chi connectivity index (χ1v) is 14.9. The second-order valence-corrected chi connectivity index (χ2v) is 10.5. The van der Waals surface area contributed by atoms with E-state index in [1.54, 1.807) is 12.1 Å². The molecule has 3 N–H and O–H groups in total.